The van der Waals surface area contributed by atoms with Crippen LogP contribution in [-0.2, 0) is 12.8 Å². The third-order valence-corrected chi connectivity index (χ3v) is 4.86. The van der Waals surface area contributed by atoms with Crippen molar-refractivity contribution in [2.45, 2.75) is 53.4 Å². The molecule has 0 spiro atoms. The van der Waals surface area contributed by atoms with Crippen LogP contribution < -0.4 is 0 Å². The van der Waals surface area contributed by atoms with Gasteiger partial charge in [-0.05, 0) is 47.9 Å². The van der Waals surface area contributed by atoms with Crippen molar-refractivity contribution in [1.82, 2.24) is 0 Å². The minimum Gasteiger partial charge on any atom is -0.594 e. The van der Waals surface area contributed by atoms with Gasteiger partial charge in [0.2, 0.25) is 5.69 Å². The number of rotatable bonds is 8. The van der Waals surface area contributed by atoms with E-state index in [4.69, 9.17) is 0 Å². The fourth-order valence-electron chi connectivity index (χ4n) is 2.71. The van der Waals surface area contributed by atoms with Gasteiger partial charge < -0.3 is 5.21 Å². The molecule has 0 saturated carbocycles. The first-order valence-corrected chi connectivity index (χ1v) is 9.38. The van der Waals surface area contributed by atoms with Crippen LogP contribution in [0, 0.1) is 17.0 Å². The summed E-state index contributed by atoms with van der Waals surface area (Å²) < 4.78 is 0. The molecule has 0 aromatic heterocycles. The van der Waals surface area contributed by atoms with Gasteiger partial charge in [0.1, 0.15) is 5.69 Å². The molecule has 0 aliphatic heterocycles. The summed E-state index contributed by atoms with van der Waals surface area (Å²) in [6.45, 7) is 8.90. The van der Waals surface area contributed by atoms with E-state index in [0.717, 1.165) is 19.3 Å². The molecule has 0 fully saturated rings. The van der Waals surface area contributed by atoms with Gasteiger partial charge in [-0.3, -0.25) is 0 Å². The minimum absolute atomic E-state index is 0.566. The highest BCUT2D eigenvalue weighted by atomic mass is 16.5. The van der Waals surface area contributed by atoms with E-state index in [1.54, 1.807) is 0 Å². The van der Waals surface area contributed by atoms with Crippen LogP contribution in [0.5, 0.6) is 0 Å². The summed E-state index contributed by atoms with van der Waals surface area (Å²) in [5.41, 5.74) is 3.81. The average molecular weight is 338 g/mol. The summed E-state index contributed by atoms with van der Waals surface area (Å²) in [5.74, 6) is 1.33. The highest BCUT2D eigenvalue weighted by Crippen LogP contribution is 2.21. The lowest BCUT2D eigenvalue weighted by atomic mass is 9.99. The molecule has 2 aromatic rings. The first-order valence-electron chi connectivity index (χ1n) is 9.38. The molecule has 2 atom stereocenters. The van der Waals surface area contributed by atoms with E-state index in [1.807, 2.05) is 36.4 Å². The number of hydrogen-bond donors (Lipinski definition) is 0. The van der Waals surface area contributed by atoms with E-state index in [-0.39, 0.29) is 0 Å². The van der Waals surface area contributed by atoms with Gasteiger partial charge in [0, 0.05) is 17.2 Å². The summed E-state index contributed by atoms with van der Waals surface area (Å²) in [6, 6.07) is 15.7. The zero-order valence-electron chi connectivity index (χ0n) is 15.9. The molecule has 0 radical (unpaired) electrons. The van der Waals surface area contributed by atoms with Crippen LogP contribution in [0.4, 0.5) is 11.4 Å². The summed E-state index contributed by atoms with van der Waals surface area (Å²) in [7, 11) is 0. The van der Waals surface area contributed by atoms with Crippen molar-refractivity contribution < 1.29 is 4.86 Å². The standard InChI is InChI=1S/C22H30N2O/c1-5-17(3)15-19-7-11-21(12-8-19)23-24(25)22-13-9-20(10-14-22)16-18(4)6-2/h7-14,17-18H,5-6,15-16H2,1-4H3. The second-order valence-electron chi connectivity index (χ2n) is 7.14. The fraction of sp³-hybridized carbons (Fsp3) is 0.455. The average Bonchev–Trinajstić information content (AvgIpc) is 2.63. The predicted molar refractivity (Wildman–Crippen MR) is 105 cm³/mol. The summed E-state index contributed by atoms with van der Waals surface area (Å²) in [6.07, 6.45) is 4.45. The Balaban J connectivity index is 2.05. The monoisotopic (exact) mass is 338 g/mol. The van der Waals surface area contributed by atoms with Crippen molar-refractivity contribution in [3.63, 3.8) is 0 Å². The molecule has 0 amide bonds. The van der Waals surface area contributed by atoms with Crippen molar-refractivity contribution >= 4 is 11.4 Å². The molecule has 2 aromatic carbocycles. The highest BCUT2D eigenvalue weighted by Gasteiger charge is 2.07. The zero-order valence-corrected chi connectivity index (χ0v) is 15.9. The van der Waals surface area contributed by atoms with Gasteiger partial charge >= 0.3 is 0 Å². The smallest absolute Gasteiger partial charge is 0.244 e. The molecule has 0 heterocycles. The van der Waals surface area contributed by atoms with Crippen LogP contribution >= 0.6 is 0 Å². The maximum Gasteiger partial charge on any atom is 0.244 e. The number of benzene rings is 2. The van der Waals surface area contributed by atoms with Crippen LogP contribution in [0.15, 0.2) is 53.6 Å². The van der Waals surface area contributed by atoms with Gasteiger partial charge in [-0.25, -0.2) is 0 Å². The first-order chi connectivity index (χ1) is 12.0. The Morgan fingerprint density at radius 2 is 1.24 bits per heavy atom. The van der Waals surface area contributed by atoms with E-state index in [0.29, 0.717) is 28.1 Å². The van der Waals surface area contributed by atoms with Crippen molar-refractivity contribution in [3.05, 3.63) is 64.9 Å². The molecular weight excluding hydrogens is 308 g/mol. The Morgan fingerprint density at radius 1 is 0.800 bits per heavy atom. The van der Waals surface area contributed by atoms with E-state index >= 15 is 0 Å². The summed E-state index contributed by atoms with van der Waals surface area (Å²) in [5, 5.41) is 16.4. The second-order valence-corrected chi connectivity index (χ2v) is 7.14. The van der Waals surface area contributed by atoms with Crippen molar-refractivity contribution in [3.8, 4) is 0 Å². The zero-order chi connectivity index (χ0) is 18.2. The van der Waals surface area contributed by atoms with Gasteiger partial charge in [0.15, 0.2) is 0 Å². The van der Waals surface area contributed by atoms with Gasteiger partial charge in [0.25, 0.3) is 0 Å². The number of nitrogens with zero attached hydrogens (tertiary/aromatic N) is 2. The Bertz CT molecular complexity index is 674. The lowest BCUT2D eigenvalue weighted by Crippen LogP contribution is -1.98. The quantitative estimate of drug-likeness (QED) is 0.296. The molecular formula is C22H30N2O. The largest absolute Gasteiger partial charge is 0.594 e. The number of hydrogen-bond acceptors (Lipinski definition) is 2. The third-order valence-electron chi connectivity index (χ3n) is 4.86. The molecule has 0 N–H and O–H groups in total. The Labute approximate surface area is 152 Å². The van der Waals surface area contributed by atoms with Gasteiger partial charge in [0.05, 0.1) is 0 Å². The Morgan fingerprint density at radius 3 is 1.68 bits per heavy atom. The van der Waals surface area contributed by atoms with E-state index in [1.165, 1.54) is 17.5 Å². The van der Waals surface area contributed by atoms with Gasteiger partial charge in [-0.2, -0.15) is 0 Å². The van der Waals surface area contributed by atoms with Crippen LogP contribution in [0.25, 0.3) is 0 Å². The maximum atomic E-state index is 12.3. The molecule has 2 unspecified atom stereocenters. The van der Waals surface area contributed by atoms with Crippen LogP contribution in [-0.4, -0.2) is 4.86 Å². The second kappa shape index (κ2) is 9.36. The number of azo groups is 1. The summed E-state index contributed by atoms with van der Waals surface area (Å²) in [4.78, 5) is 0.705. The van der Waals surface area contributed by atoms with Crippen LogP contribution in [0.2, 0.25) is 0 Å². The van der Waals surface area contributed by atoms with Crippen LogP contribution in [0.3, 0.4) is 0 Å². The van der Waals surface area contributed by atoms with Gasteiger partial charge in [-0.1, -0.05) is 69.7 Å². The molecule has 0 bridgehead atoms. The Kier molecular flexibility index (Phi) is 7.17. The fourth-order valence-corrected chi connectivity index (χ4v) is 2.71. The molecule has 2 rings (SSSR count). The summed E-state index contributed by atoms with van der Waals surface area (Å²) >= 11 is 0. The first kappa shape index (κ1) is 19.2. The molecule has 25 heavy (non-hydrogen) atoms. The van der Waals surface area contributed by atoms with E-state index in [2.05, 4.69) is 44.9 Å². The van der Waals surface area contributed by atoms with E-state index < -0.39 is 0 Å². The van der Waals surface area contributed by atoms with Crippen molar-refractivity contribution in [2.24, 2.45) is 17.0 Å². The lowest BCUT2D eigenvalue weighted by Gasteiger charge is -2.08. The Hall–Kier alpha value is -2.16. The van der Waals surface area contributed by atoms with E-state index in [9.17, 15) is 5.21 Å². The normalized spacial score (nSPS) is 14.3. The van der Waals surface area contributed by atoms with Gasteiger partial charge in [-0.15, -0.1) is 0 Å². The molecule has 0 aliphatic rings. The van der Waals surface area contributed by atoms with Crippen molar-refractivity contribution in [2.75, 3.05) is 0 Å². The van der Waals surface area contributed by atoms with Crippen molar-refractivity contribution in [1.29, 1.82) is 0 Å². The topological polar surface area (TPSA) is 38.4 Å². The minimum atomic E-state index is 0.566. The SMILES string of the molecule is CCC(C)Cc1ccc(N=[N+]([O-])c2ccc(CC(C)CC)cc2)cc1. The highest BCUT2D eigenvalue weighted by molar-refractivity contribution is 5.38. The molecule has 134 valence electrons. The molecule has 3 nitrogen and oxygen atoms in total. The molecule has 3 heteroatoms. The maximum absolute atomic E-state index is 12.3. The lowest BCUT2D eigenvalue weighted by molar-refractivity contribution is -0.435. The predicted octanol–water partition coefficient (Wildman–Crippen LogP) is 6.79. The molecule has 0 aliphatic carbocycles. The van der Waals surface area contributed by atoms with Crippen LogP contribution in [0.1, 0.15) is 51.7 Å². The molecule has 0 saturated heterocycles. The third kappa shape index (κ3) is 6.00.